The average molecular weight is 421 g/mol. The molecule has 150 valence electrons. The normalized spacial score (nSPS) is 16.7. The van der Waals surface area contributed by atoms with E-state index >= 15 is 0 Å². The van der Waals surface area contributed by atoms with Crippen LogP contribution in [0, 0.1) is 10.1 Å². The van der Waals surface area contributed by atoms with Crippen molar-refractivity contribution in [1.82, 2.24) is 4.90 Å². The predicted octanol–water partition coefficient (Wildman–Crippen LogP) is 4.33. The van der Waals surface area contributed by atoms with Gasteiger partial charge < -0.3 is 4.42 Å². The highest BCUT2D eigenvalue weighted by Gasteiger charge is 2.32. The second kappa shape index (κ2) is 7.96. The number of hydrogen-bond donors (Lipinski definition) is 0. The smallest absolute Gasteiger partial charge is 0.336 e. The van der Waals surface area contributed by atoms with Gasteiger partial charge in [-0.1, -0.05) is 0 Å². The first-order chi connectivity index (χ1) is 14.4. The summed E-state index contributed by atoms with van der Waals surface area (Å²) in [6.07, 6.45) is 1.69. The zero-order valence-electron chi connectivity index (χ0n) is 15.8. The summed E-state index contributed by atoms with van der Waals surface area (Å²) >= 11 is 1.24. The Morgan fingerprint density at radius 3 is 2.60 bits per heavy atom. The lowest BCUT2D eigenvalue weighted by Crippen LogP contribution is -2.28. The maximum Gasteiger partial charge on any atom is 0.336 e. The molecule has 9 heteroatoms. The van der Waals surface area contributed by atoms with E-state index in [0.29, 0.717) is 33.5 Å². The summed E-state index contributed by atoms with van der Waals surface area (Å²) in [6.45, 7) is 2.31. The van der Waals surface area contributed by atoms with E-state index in [2.05, 4.69) is 4.99 Å². The fourth-order valence-electron chi connectivity index (χ4n) is 2.95. The van der Waals surface area contributed by atoms with Crippen LogP contribution >= 0.6 is 11.8 Å². The van der Waals surface area contributed by atoms with E-state index in [1.807, 2.05) is 6.92 Å². The number of aliphatic imine (C=N–C) groups is 1. The van der Waals surface area contributed by atoms with E-state index < -0.39 is 10.5 Å². The van der Waals surface area contributed by atoms with Gasteiger partial charge in [-0.05, 0) is 66.7 Å². The number of hydrogen-bond acceptors (Lipinski definition) is 7. The van der Waals surface area contributed by atoms with E-state index in [0.717, 1.165) is 5.39 Å². The molecule has 3 aromatic rings. The Morgan fingerprint density at radius 1 is 1.13 bits per heavy atom. The molecule has 1 saturated heterocycles. The Balaban J connectivity index is 1.65. The molecule has 1 aromatic heterocycles. The van der Waals surface area contributed by atoms with E-state index in [9.17, 15) is 19.7 Å². The molecule has 0 atom stereocenters. The molecule has 2 heterocycles. The molecule has 1 amide bonds. The maximum atomic E-state index is 12.8. The highest BCUT2D eigenvalue weighted by Crippen LogP contribution is 2.34. The van der Waals surface area contributed by atoms with Gasteiger partial charge in [-0.2, -0.15) is 0 Å². The summed E-state index contributed by atoms with van der Waals surface area (Å²) in [5.41, 5.74) is 1.35. The number of carbonyl (C=O) groups excluding carboxylic acids is 1. The number of thioether (sulfide) groups is 1. The molecule has 8 nitrogen and oxygen atoms in total. The molecule has 0 saturated carbocycles. The number of fused-ring (bicyclic) bond motifs is 1. The minimum absolute atomic E-state index is 0.00729. The van der Waals surface area contributed by atoms with Gasteiger partial charge in [0.2, 0.25) is 0 Å². The molecule has 0 aliphatic carbocycles. The van der Waals surface area contributed by atoms with Crippen LogP contribution in [0.25, 0.3) is 17.0 Å². The summed E-state index contributed by atoms with van der Waals surface area (Å²) in [5.74, 6) is -0.175. The van der Waals surface area contributed by atoms with Crippen molar-refractivity contribution < 1.29 is 14.1 Å². The van der Waals surface area contributed by atoms with Crippen LogP contribution in [0.4, 0.5) is 11.4 Å². The minimum Gasteiger partial charge on any atom is -0.423 e. The molecule has 0 bridgehead atoms. The Bertz CT molecular complexity index is 1280. The standard InChI is InChI=1S/C21H15N3O5S/c1-2-23-20(26)18(11-13-3-7-16(8-4-13)24(27)28)30-21(23)22-15-6-9-17-14(12-15)5-10-19(25)29-17/h3-12H,2H2,1H3/b18-11-,22-21?. The molecule has 0 radical (unpaired) electrons. The Morgan fingerprint density at radius 2 is 1.90 bits per heavy atom. The first kappa shape index (κ1) is 19.6. The van der Waals surface area contributed by atoms with Gasteiger partial charge in [0.15, 0.2) is 5.17 Å². The first-order valence-corrected chi connectivity index (χ1v) is 9.85. The molecular formula is C21H15N3O5S. The van der Waals surface area contributed by atoms with Crippen molar-refractivity contribution in [3.05, 3.63) is 85.6 Å². The lowest BCUT2D eigenvalue weighted by molar-refractivity contribution is -0.384. The molecule has 0 N–H and O–H groups in total. The van der Waals surface area contributed by atoms with Gasteiger partial charge in [-0.15, -0.1) is 0 Å². The number of nitro groups is 1. The summed E-state index contributed by atoms with van der Waals surface area (Å²) in [5, 5.41) is 12.1. The molecule has 0 spiro atoms. The lowest BCUT2D eigenvalue weighted by Gasteiger charge is -2.12. The van der Waals surface area contributed by atoms with Crippen molar-refractivity contribution in [2.45, 2.75) is 6.92 Å². The van der Waals surface area contributed by atoms with E-state index in [-0.39, 0.29) is 11.6 Å². The molecule has 0 unspecified atom stereocenters. The molecule has 1 fully saturated rings. The van der Waals surface area contributed by atoms with E-state index in [4.69, 9.17) is 4.42 Å². The second-order valence-corrected chi connectivity index (χ2v) is 7.39. The monoisotopic (exact) mass is 421 g/mol. The van der Waals surface area contributed by atoms with Crippen LogP contribution in [0.3, 0.4) is 0 Å². The third-order valence-corrected chi connectivity index (χ3v) is 5.44. The van der Waals surface area contributed by atoms with Gasteiger partial charge in [0, 0.05) is 30.1 Å². The molecule has 2 aromatic carbocycles. The molecule has 4 rings (SSSR count). The zero-order chi connectivity index (χ0) is 21.3. The Kier molecular flexibility index (Phi) is 5.20. The van der Waals surface area contributed by atoms with Gasteiger partial charge >= 0.3 is 5.63 Å². The van der Waals surface area contributed by atoms with Crippen LogP contribution in [0.1, 0.15) is 12.5 Å². The largest absolute Gasteiger partial charge is 0.423 e. The van der Waals surface area contributed by atoms with Crippen LogP contribution in [0.2, 0.25) is 0 Å². The van der Waals surface area contributed by atoms with Crippen LogP contribution in [-0.2, 0) is 4.79 Å². The lowest BCUT2D eigenvalue weighted by atomic mass is 10.2. The van der Waals surface area contributed by atoms with Crippen molar-refractivity contribution in [3.8, 4) is 0 Å². The van der Waals surface area contributed by atoms with Crippen molar-refractivity contribution >= 4 is 51.3 Å². The molecule has 1 aliphatic rings. The van der Waals surface area contributed by atoms with Crippen LogP contribution in [-0.4, -0.2) is 27.4 Å². The summed E-state index contributed by atoms with van der Waals surface area (Å²) in [6, 6.07) is 14.2. The van der Waals surface area contributed by atoms with Gasteiger partial charge in [-0.3, -0.25) is 19.8 Å². The number of nitro benzene ring substituents is 1. The predicted molar refractivity (Wildman–Crippen MR) is 116 cm³/mol. The third-order valence-electron chi connectivity index (χ3n) is 4.43. The highest BCUT2D eigenvalue weighted by atomic mass is 32.2. The van der Waals surface area contributed by atoms with Crippen molar-refractivity contribution in [1.29, 1.82) is 0 Å². The number of likely N-dealkylation sites (N-methyl/N-ethyl adjacent to an activating group) is 1. The fraction of sp³-hybridized carbons (Fsp3) is 0.0952. The fourth-order valence-corrected chi connectivity index (χ4v) is 4.02. The number of amidine groups is 1. The van der Waals surface area contributed by atoms with E-state index in [1.54, 1.807) is 47.4 Å². The van der Waals surface area contributed by atoms with Gasteiger partial charge in [0.25, 0.3) is 11.6 Å². The number of nitrogens with zero attached hydrogens (tertiary/aromatic N) is 3. The number of non-ortho nitro benzene ring substituents is 1. The second-order valence-electron chi connectivity index (χ2n) is 6.38. The van der Waals surface area contributed by atoms with Gasteiger partial charge in [0.05, 0.1) is 15.5 Å². The van der Waals surface area contributed by atoms with Crippen molar-refractivity contribution in [2.24, 2.45) is 4.99 Å². The van der Waals surface area contributed by atoms with Crippen LogP contribution in [0.15, 0.2) is 73.7 Å². The van der Waals surface area contributed by atoms with Crippen molar-refractivity contribution in [3.63, 3.8) is 0 Å². The maximum absolute atomic E-state index is 12.8. The van der Waals surface area contributed by atoms with E-state index in [1.165, 1.54) is 30.0 Å². The van der Waals surface area contributed by atoms with Gasteiger partial charge in [-0.25, -0.2) is 9.79 Å². The molecular weight excluding hydrogens is 406 g/mol. The SMILES string of the molecule is CCN1C(=O)/C(=C/c2ccc([N+](=O)[O-])cc2)SC1=Nc1ccc2oc(=O)ccc2c1. The van der Waals surface area contributed by atoms with Gasteiger partial charge in [0.1, 0.15) is 5.58 Å². The minimum atomic E-state index is -0.468. The quantitative estimate of drug-likeness (QED) is 0.269. The number of amides is 1. The number of rotatable bonds is 4. The summed E-state index contributed by atoms with van der Waals surface area (Å²) < 4.78 is 5.13. The number of carbonyl (C=O) groups is 1. The topological polar surface area (TPSA) is 106 Å². The summed E-state index contributed by atoms with van der Waals surface area (Å²) in [7, 11) is 0. The zero-order valence-corrected chi connectivity index (χ0v) is 16.6. The Hall–Kier alpha value is -3.72. The van der Waals surface area contributed by atoms with Crippen LogP contribution < -0.4 is 5.63 Å². The Labute approximate surface area is 174 Å². The molecule has 1 aliphatic heterocycles. The highest BCUT2D eigenvalue weighted by molar-refractivity contribution is 8.18. The first-order valence-electron chi connectivity index (χ1n) is 9.03. The van der Waals surface area contributed by atoms with Crippen molar-refractivity contribution in [2.75, 3.05) is 6.54 Å². The third kappa shape index (κ3) is 3.87. The number of benzene rings is 2. The average Bonchev–Trinajstić information content (AvgIpc) is 3.02. The van der Waals surface area contributed by atoms with Crippen LogP contribution in [0.5, 0.6) is 0 Å². The summed E-state index contributed by atoms with van der Waals surface area (Å²) in [4.78, 5) is 41.1. The molecule has 30 heavy (non-hydrogen) atoms.